The number of amides is 1. The number of aryl methyl sites for hydroxylation is 1. The Labute approximate surface area is 284 Å². The Bertz CT molecular complexity index is 1190. The van der Waals surface area contributed by atoms with Gasteiger partial charge in [0.25, 0.3) is 5.91 Å². The molecule has 1 amide bonds. The Morgan fingerprint density at radius 2 is 1.39 bits per heavy atom. The number of halogens is 1. The molecule has 0 radical (unpaired) electrons. The average Bonchev–Trinajstić information content (AvgIpc) is 3.03. The van der Waals surface area contributed by atoms with E-state index < -0.39 is 0 Å². The largest absolute Gasteiger partial charge is 1.00 e. The number of rotatable bonds is 22. The van der Waals surface area contributed by atoms with Gasteiger partial charge >= 0.3 is 0 Å². The normalized spacial score (nSPS) is 10.7. The number of ether oxygens (including phenoxy) is 2. The summed E-state index contributed by atoms with van der Waals surface area (Å²) in [6, 6.07) is 19.7. The second kappa shape index (κ2) is 22.8. The van der Waals surface area contributed by atoms with Crippen LogP contribution in [-0.2, 0) is 19.6 Å². The summed E-state index contributed by atoms with van der Waals surface area (Å²) < 4.78 is 14.3. The van der Waals surface area contributed by atoms with Crippen molar-refractivity contribution in [1.82, 2.24) is 4.90 Å². The van der Waals surface area contributed by atoms with Crippen molar-refractivity contribution in [1.29, 1.82) is 0 Å². The Kier molecular flexibility index (Phi) is 19.5. The van der Waals surface area contributed by atoms with Crippen molar-refractivity contribution in [2.45, 2.75) is 117 Å². The predicted molar refractivity (Wildman–Crippen MR) is 177 cm³/mol. The summed E-state index contributed by atoms with van der Waals surface area (Å²) in [5, 5.41) is 0. The van der Waals surface area contributed by atoms with E-state index in [0.29, 0.717) is 31.0 Å². The van der Waals surface area contributed by atoms with Crippen LogP contribution in [-0.4, -0.2) is 24.5 Å². The fraction of sp³-hybridized carbons (Fsp3) is 0.526. The highest BCUT2D eigenvalue weighted by molar-refractivity contribution is 5.94. The number of carbonyl (C=O) groups excluding carboxylic acids is 1. The first-order valence-electron chi connectivity index (χ1n) is 16.8. The van der Waals surface area contributed by atoms with Crippen LogP contribution in [0.2, 0.25) is 0 Å². The summed E-state index contributed by atoms with van der Waals surface area (Å²) >= 11 is 0. The van der Waals surface area contributed by atoms with Gasteiger partial charge in [-0.15, -0.1) is 0 Å². The summed E-state index contributed by atoms with van der Waals surface area (Å²) in [5.74, 6) is 1.46. The van der Waals surface area contributed by atoms with E-state index in [4.69, 9.17) is 9.47 Å². The van der Waals surface area contributed by atoms with Gasteiger partial charge in [0.15, 0.2) is 23.9 Å². The topological polar surface area (TPSA) is 42.7 Å². The molecule has 6 heteroatoms. The molecule has 0 saturated carbocycles. The molecule has 3 rings (SSSR count). The third-order valence-electron chi connectivity index (χ3n) is 7.97. The van der Waals surface area contributed by atoms with Crippen LogP contribution in [0.25, 0.3) is 0 Å². The number of pyridine rings is 1. The first-order valence-corrected chi connectivity index (χ1v) is 16.8. The molecule has 0 spiro atoms. The van der Waals surface area contributed by atoms with Crippen molar-refractivity contribution in [2.24, 2.45) is 0 Å². The Hall–Kier alpha value is -2.61. The SMILES string of the molecule is CCCCCCCCCCCCCCOc1c(CN(Cc2ccc[n+](CCC)c2)C(=O)c2ccccc2)cccc1OC.[I-]. The first kappa shape index (κ1) is 37.6. The smallest absolute Gasteiger partial charge is 0.254 e. The van der Waals surface area contributed by atoms with E-state index in [9.17, 15) is 4.79 Å². The molecule has 1 aromatic heterocycles. The highest BCUT2D eigenvalue weighted by Gasteiger charge is 2.21. The summed E-state index contributed by atoms with van der Waals surface area (Å²) in [6.07, 6.45) is 21.0. The molecule has 0 aliphatic carbocycles. The molecule has 0 aliphatic heterocycles. The van der Waals surface area contributed by atoms with Crippen LogP contribution in [0.3, 0.4) is 0 Å². The van der Waals surface area contributed by atoms with E-state index in [1.807, 2.05) is 53.4 Å². The van der Waals surface area contributed by atoms with Crippen molar-refractivity contribution in [3.05, 3.63) is 89.7 Å². The summed E-state index contributed by atoms with van der Waals surface area (Å²) in [5.41, 5.74) is 2.74. The molecule has 44 heavy (non-hydrogen) atoms. The standard InChI is InChI=1S/C38H55N2O3.HI/c1-4-6-7-8-9-10-11-12-13-14-15-19-29-43-37-35(25-20-26-36(37)42-3)32-40(38(41)34-23-17-16-18-24-34)31-33-22-21-28-39(30-33)27-5-2;/h16-18,20-26,28,30H,4-15,19,27,29,31-32H2,1-3H3;1H/q+1;/p-1. The maximum atomic E-state index is 13.8. The third-order valence-corrected chi connectivity index (χ3v) is 7.97. The van der Waals surface area contributed by atoms with Crippen molar-refractivity contribution in [2.75, 3.05) is 13.7 Å². The highest BCUT2D eigenvalue weighted by atomic mass is 127. The number of para-hydroxylation sites is 1. The first-order chi connectivity index (χ1) is 21.2. The minimum Gasteiger partial charge on any atom is -1.00 e. The Morgan fingerprint density at radius 3 is 2.02 bits per heavy atom. The molecule has 242 valence electrons. The zero-order chi connectivity index (χ0) is 30.5. The molecule has 2 aromatic carbocycles. The van der Waals surface area contributed by atoms with Crippen LogP contribution >= 0.6 is 0 Å². The summed E-state index contributed by atoms with van der Waals surface area (Å²) in [4.78, 5) is 15.7. The predicted octanol–water partition coefficient (Wildman–Crippen LogP) is 6.32. The monoisotopic (exact) mass is 714 g/mol. The molecule has 3 aromatic rings. The van der Waals surface area contributed by atoms with Gasteiger partial charge in [0.2, 0.25) is 0 Å². The molecule has 5 nitrogen and oxygen atoms in total. The van der Waals surface area contributed by atoms with E-state index in [1.54, 1.807) is 7.11 Å². The Morgan fingerprint density at radius 1 is 0.727 bits per heavy atom. The molecule has 0 bridgehead atoms. The van der Waals surface area contributed by atoms with Gasteiger partial charge in [-0.1, -0.05) is 115 Å². The van der Waals surface area contributed by atoms with E-state index in [-0.39, 0.29) is 29.9 Å². The molecular weight excluding hydrogens is 659 g/mol. The molecule has 0 saturated heterocycles. The second-order valence-corrected chi connectivity index (χ2v) is 11.7. The lowest BCUT2D eigenvalue weighted by atomic mass is 10.1. The van der Waals surface area contributed by atoms with Crippen molar-refractivity contribution < 1.29 is 42.8 Å². The fourth-order valence-corrected chi connectivity index (χ4v) is 5.58. The van der Waals surface area contributed by atoms with E-state index in [1.165, 1.54) is 70.6 Å². The number of nitrogens with zero attached hydrogens (tertiary/aromatic N) is 2. The fourth-order valence-electron chi connectivity index (χ4n) is 5.58. The van der Waals surface area contributed by atoms with Crippen LogP contribution in [0.4, 0.5) is 0 Å². The van der Waals surface area contributed by atoms with E-state index in [2.05, 4.69) is 42.9 Å². The lowest BCUT2D eigenvalue weighted by Gasteiger charge is -2.25. The van der Waals surface area contributed by atoms with Gasteiger partial charge in [0.05, 0.1) is 26.8 Å². The van der Waals surface area contributed by atoms with Crippen molar-refractivity contribution in [3.63, 3.8) is 0 Å². The molecule has 0 aliphatic rings. The lowest BCUT2D eigenvalue weighted by Crippen LogP contribution is -3.00. The van der Waals surface area contributed by atoms with Gasteiger partial charge in [-0.25, -0.2) is 4.57 Å². The molecule has 1 heterocycles. The van der Waals surface area contributed by atoms with Crippen LogP contribution in [0.1, 0.15) is 119 Å². The number of hydrogen-bond donors (Lipinski definition) is 0. The third kappa shape index (κ3) is 13.6. The number of unbranched alkanes of at least 4 members (excludes halogenated alkanes) is 11. The van der Waals surface area contributed by atoms with Gasteiger partial charge in [0.1, 0.15) is 6.54 Å². The maximum Gasteiger partial charge on any atom is 0.254 e. The zero-order valence-corrected chi connectivity index (χ0v) is 29.6. The lowest BCUT2D eigenvalue weighted by molar-refractivity contribution is -0.697. The number of carbonyl (C=O) groups is 1. The number of methoxy groups -OCH3 is 1. The number of benzene rings is 2. The molecule has 0 N–H and O–H groups in total. The minimum absolute atomic E-state index is 0. The number of aromatic nitrogens is 1. The van der Waals surface area contributed by atoms with Gasteiger partial charge in [-0.2, -0.15) is 0 Å². The summed E-state index contributed by atoms with van der Waals surface area (Å²) in [6.45, 7) is 6.99. The molecule has 0 atom stereocenters. The molecular formula is C38H55IN2O3. The van der Waals surface area contributed by atoms with Gasteiger partial charge < -0.3 is 38.4 Å². The van der Waals surface area contributed by atoms with Crippen LogP contribution in [0.15, 0.2) is 73.1 Å². The molecule has 0 fully saturated rings. The van der Waals surface area contributed by atoms with E-state index >= 15 is 0 Å². The van der Waals surface area contributed by atoms with Crippen molar-refractivity contribution >= 4 is 5.91 Å². The average molecular weight is 715 g/mol. The van der Waals surface area contributed by atoms with E-state index in [0.717, 1.165) is 36.3 Å². The second-order valence-electron chi connectivity index (χ2n) is 11.7. The maximum absolute atomic E-state index is 13.8. The number of hydrogen-bond acceptors (Lipinski definition) is 3. The van der Waals surface area contributed by atoms with Gasteiger partial charge in [-0.05, 0) is 30.7 Å². The van der Waals surface area contributed by atoms with Gasteiger partial charge in [0, 0.05) is 29.2 Å². The quantitative estimate of drug-likeness (QED) is 0.0696. The summed E-state index contributed by atoms with van der Waals surface area (Å²) in [7, 11) is 1.68. The highest BCUT2D eigenvalue weighted by Crippen LogP contribution is 2.33. The van der Waals surface area contributed by atoms with Crippen LogP contribution < -0.4 is 38.0 Å². The minimum atomic E-state index is 0. The van der Waals surface area contributed by atoms with Crippen molar-refractivity contribution in [3.8, 4) is 11.5 Å². The molecule has 0 unspecified atom stereocenters. The van der Waals surface area contributed by atoms with Crippen LogP contribution in [0.5, 0.6) is 11.5 Å². The van der Waals surface area contributed by atoms with Crippen LogP contribution in [0, 0.1) is 0 Å². The van der Waals surface area contributed by atoms with Gasteiger partial charge in [-0.3, -0.25) is 4.79 Å². The zero-order valence-electron chi connectivity index (χ0n) is 27.4. The Balaban J connectivity index is 0.00000675.